The summed E-state index contributed by atoms with van der Waals surface area (Å²) in [7, 11) is 0. The number of benzene rings is 2. The average Bonchev–Trinajstić information content (AvgIpc) is 2.32. The molecule has 0 radical (unpaired) electrons. The molecule has 2 aromatic rings. The van der Waals surface area contributed by atoms with Gasteiger partial charge in [-0.05, 0) is 37.1 Å². The number of nitrogens with one attached hydrogen (secondary N) is 1. The van der Waals surface area contributed by atoms with E-state index >= 15 is 0 Å². The molecule has 3 heteroatoms. The van der Waals surface area contributed by atoms with Gasteiger partial charge in [0, 0.05) is 12.2 Å². The quantitative estimate of drug-likeness (QED) is 0.819. The molecule has 0 fully saturated rings. The predicted molar refractivity (Wildman–Crippen MR) is 79.2 cm³/mol. The zero-order valence-electron chi connectivity index (χ0n) is 10.4. The van der Waals surface area contributed by atoms with Crippen LogP contribution in [0, 0.1) is 6.92 Å². The molecule has 0 amide bonds. The van der Waals surface area contributed by atoms with Crippen molar-refractivity contribution in [3.8, 4) is 0 Å². The molecule has 0 unspecified atom stereocenters. The number of anilines is 2. The topological polar surface area (TPSA) is 38.0 Å². The summed E-state index contributed by atoms with van der Waals surface area (Å²) in [6.45, 7) is 2.96. The van der Waals surface area contributed by atoms with Crippen molar-refractivity contribution in [3.63, 3.8) is 0 Å². The van der Waals surface area contributed by atoms with E-state index in [1.165, 1.54) is 11.1 Å². The van der Waals surface area contributed by atoms with Gasteiger partial charge in [0.1, 0.15) is 0 Å². The molecule has 2 rings (SSSR count). The van der Waals surface area contributed by atoms with E-state index in [0.717, 1.165) is 18.7 Å². The van der Waals surface area contributed by atoms with Crippen LogP contribution in [0.1, 0.15) is 11.1 Å². The molecule has 0 bridgehead atoms. The number of halogens is 1. The number of hydrogen-bond acceptors (Lipinski definition) is 2. The molecule has 0 heterocycles. The van der Waals surface area contributed by atoms with Crippen LogP contribution in [0.3, 0.4) is 0 Å². The minimum Gasteiger partial charge on any atom is -0.399 e. The van der Waals surface area contributed by atoms with Gasteiger partial charge in [-0.3, -0.25) is 0 Å². The van der Waals surface area contributed by atoms with E-state index in [1.807, 2.05) is 12.1 Å². The smallest absolute Gasteiger partial charge is 0.0657 e. The summed E-state index contributed by atoms with van der Waals surface area (Å²) in [5, 5.41) is 3.99. The molecule has 0 saturated heterocycles. The first-order chi connectivity index (χ1) is 8.65. The van der Waals surface area contributed by atoms with E-state index in [-0.39, 0.29) is 0 Å². The molecular formula is C15H17ClN2. The van der Waals surface area contributed by atoms with Gasteiger partial charge in [-0.15, -0.1) is 0 Å². The highest BCUT2D eigenvalue weighted by molar-refractivity contribution is 6.33. The molecule has 94 valence electrons. The molecule has 0 spiro atoms. The van der Waals surface area contributed by atoms with Gasteiger partial charge in [0.25, 0.3) is 0 Å². The minimum atomic E-state index is 0.666. The van der Waals surface area contributed by atoms with Gasteiger partial charge in [-0.25, -0.2) is 0 Å². The van der Waals surface area contributed by atoms with E-state index in [1.54, 1.807) is 6.07 Å². The Bertz CT molecular complexity index is 538. The third kappa shape index (κ3) is 3.41. The van der Waals surface area contributed by atoms with Crippen molar-refractivity contribution in [1.29, 1.82) is 0 Å². The van der Waals surface area contributed by atoms with Crippen LogP contribution in [-0.2, 0) is 6.42 Å². The lowest BCUT2D eigenvalue weighted by Gasteiger charge is -2.09. The summed E-state index contributed by atoms with van der Waals surface area (Å²) in [4.78, 5) is 0. The molecule has 0 aliphatic heterocycles. The highest BCUT2D eigenvalue weighted by Gasteiger charge is 2.00. The molecule has 0 atom stereocenters. The van der Waals surface area contributed by atoms with Crippen molar-refractivity contribution < 1.29 is 0 Å². The SMILES string of the molecule is Cc1cccc(CCNc2ccc(N)cc2Cl)c1. The lowest BCUT2D eigenvalue weighted by atomic mass is 10.1. The fourth-order valence-corrected chi connectivity index (χ4v) is 2.14. The Morgan fingerprint density at radius 1 is 1.17 bits per heavy atom. The molecule has 0 aliphatic rings. The van der Waals surface area contributed by atoms with E-state index in [4.69, 9.17) is 17.3 Å². The van der Waals surface area contributed by atoms with Crippen LogP contribution in [0.2, 0.25) is 5.02 Å². The summed E-state index contributed by atoms with van der Waals surface area (Å²) in [6.07, 6.45) is 0.975. The Hall–Kier alpha value is -1.67. The highest BCUT2D eigenvalue weighted by atomic mass is 35.5. The lowest BCUT2D eigenvalue weighted by molar-refractivity contribution is 1.02. The fourth-order valence-electron chi connectivity index (χ4n) is 1.88. The normalized spacial score (nSPS) is 10.3. The van der Waals surface area contributed by atoms with Gasteiger partial charge < -0.3 is 11.1 Å². The number of nitrogens with two attached hydrogens (primary N) is 1. The average molecular weight is 261 g/mol. The van der Waals surface area contributed by atoms with Crippen LogP contribution in [-0.4, -0.2) is 6.54 Å². The standard InChI is InChI=1S/C15H17ClN2/c1-11-3-2-4-12(9-11)7-8-18-15-6-5-13(17)10-14(15)16/h2-6,9-10,18H,7-8,17H2,1H3. The summed E-state index contributed by atoms with van der Waals surface area (Å²) >= 11 is 6.09. The Labute approximate surface area is 113 Å². The summed E-state index contributed by atoms with van der Waals surface area (Å²) < 4.78 is 0. The van der Waals surface area contributed by atoms with Crippen molar-refractivity contribution in [1.82, 2.24) is 0 Å². The van der Waals surface area contributed by atoms with Crippen LogP contribution in [0.15, 0.2) is 42.5 Å². The molecule has 2 aromatic carbocycles. The molecule has 3 N–H and O–H groups in total. The molecule has 0 aliphatic carbocycles. The second-order valence-electron chi connectivity index (χ2n) is 4.41. The molecule has 18 heavy (non-hydrogen) atoms. The molecule has 2 nitrogen and oxygen atoms in total. The molecule has 0 saturated carbocycles. The number of nitrogen functional groups attached to an aromatic ring is 1. The first kappa shape index (κ1) is 12.8. The fraction of sp³-hybridized carbons (Fsp3) is 0.200. The van der Waals surface area contributed by atoms with Crippen molar-refractivity contribution >= 4 is 23.0 Å². The van der Waals surface area contributed by atoms with Crippen molar-refractivity contribution in [2.24, 2.45) is 0 Å². The first-order valence-electron chi connectivity index (χ1n) is 5.99. The van der Waals surface area contributed by atoms with Crippen LogP contribution in [0.5, 0.6) is 0 Å². The van der Waals surface area contributed by atoms with Gasteiger partial charge >= 0.3 is 0 Å². The second-order valence-corrected chi connectivity index (χ2v) is 4.81. The van der Waals surface area contributed by atoms with Gasteiger partial charge in [0.2, 0.25) is 0 Å². The summed E-state index contributed by atoms with van der Waals surface area (Å²) in [6, 6.07) is 14.0. The predicted octanol–water partition coefficient (Wildman–Crippen LogP) is 3.89. The van der Waals surface area contributed by atoms with E-state index in [2.05, 4.69) is 36.5 Å². The third-order valence-corrected chi connectivity index (χ3v) is 3.12. The number of hydrogen-bond donors (Lipinski definition) is 2. The van der Waals surface area contributed by atoms with Crippen molar-refractivity contribution in [2.75, 3.05) is 17.6 Å². The summed E-state index contributed by atoms with van der Waals surface area (Å²) in [5.41, 5.74) is 9.88. The maximum atomic E-state index is 6.09. The monoisotopic (exact) mass is 260 g/mol. The van der Waals surface area contributed by atoms with Crippen molar-refractivity contribution in [3.05, 3.63) is 58.6 Å². The van der Waals surface area contributed by atoms with Gasteiger partial charge in [0.15, 0.2) is 0 Å². The molecular weight excluding hydrogens is 244 g/mol. The second kappa shape index (κ2) is 5.78. The Morgan fingerprint density at radius 3 is 2.72 bits per heavy atom. The highest BCUT2D eigenvalue weighted by Crippen LogP contribution is 2.23. The van der Waals surface area contributed by atoms with Crippen LogP contribution >= 0.6 is 11.6 Å². The first-order valence-corrected chi connectivity index (χ1v) is 6.37. The largest absolute Gasteiger partial charge is 0.399 e. The van der Waals surface area contributed by atoms with Crippen LogP contribution in [0.25, 0.3) is 0 Å². The number of rotatable bonds is 4. The van der Waals surface area contributed by atoms with E-state index in [9.17, 15) is 0 Å². The van der Waals surface area contributed by atoms with Crippen molar-refractivity contribution in [2.45, 2.75) is 13.3 Å². The maximum absolute atomic E-state index is 6.09. The van der Waals surface area contributed by atoms with E-state index < -0.39 is 0 Å². The maximum Gasteiger partial charge on any atom is 0.0657 e. The Morgan fingerprint density at radius 2 is 2.00 bits per heavy atom. The van der Waals surface area contributed by atoms with Gasteiger partial charge in [-0.2, -0.15) is 0 Å². The number of aryl methyl sites for hydroxylation is 1. The van der Waals surface area contributed by atoms with Crippen LogP contribution < -0.4 is 11.1 Å². The Kier molecular flexibility index (Phi) is 4.11. The zero-order chi connectivity index (χ0) is 13.0. The lowest BCUT2D eigenvalue weighted by Crippen LogP contribution is -2.05. The van der Waals surface area contributed by atoms with Crippen LogP contribution in [0.4, 0.5) is 11.4 Å². The van der Waals surface area contributed by atoms with Gasteiger partial charge in [0.05, 0.1) is 10.7 Å². The molecule has 0 aromatic heterocycles. The summed E-state index contributed by atoms with van der Waals surface area (Å²) in [5.74, 6) is 0. The van der Waals surface area contributed by atoms with Gasteiger partial charge in [-0.1, -0.05) is 41.4 Å². The van der Waals surface area contributed by atoms with E-state index in [0.29, 0.717) is 10.7 Å². The third-order valence-electron chi connectivity index (χ3n) is 2.80. The minimum absolute atomic E-state index is 0.666. The Balaban J connectivity index is 1.92. The zero-order valence-corrected chi connectivity index (χ0v) is 11.2.